The third kappa shape index (κ3) is 10.7. The second-order valence-electron chi connectivity index (χ2n) is 0.946. The number of aromatic nitrogens is 3. The Labute approximate surface area is 50.0 Å². The van der Waals surface area contributed by atoms with E-state index in [1.807, 2.05) is 0 Å². The number of nitro groups is 1. The SMILES string of the molecule is N[N+](=O)[O-].c1c[nH]nn1. The number of hydrogen-bond acceptors (Lipinski definition) is 4. The van der Waals surface area contributed by atoms with E-state index in [-0.39, 0.29) is 0 Å². The van der Waals surface area contributed by atoms with Gasteiger partial charge in [-0.2, -0.15) is 5.84 Å². The molecular formula is C2H5N5O2. The van der Waals surface area contributed by atoms with E-state index in [2.05, 4.69) is 21.3 Å². The summed E-state index contributed by atoms with van der Waals surface area (Å²) in [5.74, 6) is 3.83. The zero-order valence-corrected chi connectivity index (χ0v) is 4.39. The number of nitrogens with two attached hydrogens (primary N) is 1. The van der Waals surface area contributed by atoms with Crippen LogP contribution in [0.1, 0.15) is 0 Å². The van der Waals surface area contributed by atoms with Crippen molar-refractivity contribution >= 4 is 0 Å². The van der Waals surface area contributed by atoms with Crippen LogP contribution in [0.3, 0.4) is 0 Å². The minimum atomic E-state index is -1.00. The summed E-state index contributed by atoms with van der Waals surface area (Å²) >= 11 is 0. The fourth-order valence-corrected chi connectivity index (χ4v) is 0.167. The van der Waals surface area contributed by atoms with Gasteiger partial charge in [-0.3, -0.25) is 5.10 Å². The molecule has 0 bridgehead atoms. The molecule has 0 aromatic carbocycles. The van der Waals surface area contributed by atoms with Crippen molar-refractivity contribution in [3.63, 3.8) is 0 Å². The Balaban J connectivity index is 0.000000148. The van der Waals surface area contributed by atoms with Gasteiger partial charge in [0.05, 0.1) is 6.20 Å². The van der Waals surface area contributed by atoms with Gasteiger partial charge in [-0.15, -0.1) is 5.10 Å². The minimum absolute atomic E-state index is 1.00. The highest BCUT2D eigenvalue weighted by Gasteiger charge is 1.57. The molecule has 0 aliphatic heterocycles. The van der Waals surface area contributed by atoms with E-state index in [4.69, 9.17) is 10.1 Å². The molecule has 1 aromatic rings. The molecule has 0 saturated carbocycles. The lowest BCUT2D eigenvalue weighted by Gasteiger charge is -1.61. The molecule has 0 amide bonds. The number of nitrogens with zero attached hydrogens (tertiary/aromatic N) is 3. The summed E-state index contributed by atoms with van der Waals surface area (Å²) in [6.45, 7) is 0. The minimum Gasteiger partial charge on any atom is -0.266 e. The van der Waals surface area contributed by atoms with Crippen molar-refractivity contribution in [3.8, 4) is 0 Å². The van der Waals surface area contributed by atoms with Crippen LogP contribution in [0, 0.1) is 10.1 Å². The highest BCUT2D eigenvalue weighted by Crippen LogP contribution is 1.55. The van der Waals surface area contributed by atoms with E-state index in [0.717, 1.165) is 0 Å². The number of aromatic amines is 1. The average Bonchev–Trinajstić information content (AvgIpc) is 2.11. The first-order valence-electron chi connectivity index (χ1n) is 1.93. The average molecular weight is 131 g/mol. The fourth-order valence-electron chi connectivity index (χ4n) is 0.167. The molecule has 0 atom stereocenters. The quantitative estimate of drug-likeness (QED) is 0.265. The third-order valence-corrected chi connectivity index (χ3v) is 0.331. The summed E-state index contributed by atoms with van der Waals surface area (Å²) in [6.07, 6.45) is 3.24. The molecule has 7 nitrogen and oxygen atoms in total. The Kier molecular flexibility index (Phi) is 3.67. The van der Waals surface area contributed by atoms with Gasteiger partial charge in [-0.05, 0) is 0 Å². The Morgan fingerprint density at radius 3 is 2.44 bits per heavy atom. The first kappa shape index (κ1) is 7.34. The number of nitrogens with one attached hydrogen (secondary N) is 1. The highest BCUT2D eigenvalue weighted by molar-refractivity contribution is 4.54. The van der Waals surface area contributed by atoms with Crippen LogP contribution in [0.2, 0.25) is 0 Å². The maximum atomic E-state index is 8.58. The van der Waals surface area contributed by atoms with Gasteiger partial charge in [0, 0.05) is 6.20 Å². The molecule has 7 heteroatoms. The highest BCUT2D eigenvalue weighted by atomic mass is 16.7. The largest absolute Gasteiger partial charge is 0.266 e. The Bertz CT molecular complexity index is 127. The maximum absolute atomic E-state index is 8.58. The summed E-state index contributed by atoms with van der Waals surface area (Å²) in [4.78, 5) is 8.58. The summed E-state index contributed by atoms with van der Waals surface area (Å²) < 4.78 is 0. The molecule has 0 fully saturated rings. The summed E-state index contributed by atoms with van der Waals surface area (Å²) in [7, 11) is 0. The normalized spacial score (nSPS) is 7.11. The van der Waals surface area contributed by atoms with Crippen molar-refractivity contribution in [2.75, 3.05) is 0 Å². The lowest BCUT2D eigenvalue weighted by molar-refractivity contribution is -0.491. The topological polar surface area (TPSA) is 111 Å². The van der Waals surface area contributed by atoms with Crippen LogP contribution in [-0.2, 0) is 0 Å². The van der Waals surface area contributed by atoms with Gasteiger partial charge in [0.25, 0.3) is 0 Å². The number of hydrogen-bond donors (Lipinski definition) is 2. The lowest BCUT2D eigenvalue weighted by atomic mass is 11.0. The van der Waals surface area contributed by atoms with Gasteiger partial charge >= 0.3 is 0 Å². The molecule has 50 valence electrons. The van der Waals surface area contributed by atoms with Crippen molar-refractivity contribution in [3.05, 3.63) is 22.5 Å². The Morgan fingerprint density at radius 2 is 2.33 bits per heavy atom. The number of hydrazine groups is 1. The molecule has 0 aliphatic carbocycles. The van der Waals surface area contributed by atoms with Crippen molar-refractivity contribution in [2.24, 2.45) is 5.84 Å². The predicted octanol–water partition coefficient (Wildman–Crippen LogP) is -1.06. The van der Waals surface area contributed by atoms with Crippen LogP contribution in [0.4, 0.5) is 0 Å². The maximum Gasteiger partial charge on any atom is 0.154 e. The molecule has 0 unspecified atom stereocenters. The molecule has 0 spiro atoms. The first-order chi connectivity index (χ1) is 4.23. The fraction of sp³-hybridized carbons (Fsp3) is 0. The Hall–Kier alpha value is -1.66. The predicted molar refractivity (Wildman–Crippen MR) is 27.6 cm³/mol. The van der Waals surface area contributed by atoms with Crippen molar-refractivity contribution in [1.29, 1.82) is 0 Å². The van der Waals surface area contributed by atoms with Crippen LogP contribution >= 0.6 is 0 Å². The molecule has 1 heterocycles. The second-order valence-corrected chi connectivity index (χ2v) is 0.946. The van der Waals surface area contributed by atoms with Crippen molar-refractivity contribution in [1.82, 2.24) is 15.4 Å². The molecule has 9 heavy (non-hydrogen) atoms. The van der Waals surface area contributed by atoms with Crippen molar-refractivity contribution in [2.45, 2.75) is 0 Å². The van der Waals surface area contributed by atoms with Crippen molar-refractivity contribution < 1.29 is 5.03 Å². The zero-order valence-electron chi connectivity index (χ0n) is 4.39. The number of H-pyrrole nitrogens is 1. The summed E-state index contributed by atoms with van der Waals surface area (Å²) in [5, 5.41) is 16.8. The van der Waals surface area contributed by atoms with E-state index in [1.54, 1.807) is 12.4 Å². The van der Waals surface area contributed by atoms with E-state index in [0.29, 0.717) is 0 Å². The molecule has 0 saturated heterocycles. The molecule has 1 rings (SSSR count). The van der Waals surface area contributed by atoms with Gasteiger partial charge in [0.2, 0.25) is 0 Å². The van der Waals surface area contributed by atoms with Crippen LogP contribution in [0.5, 0.6) is 0 Å². The monoisotopic (exact) mass is 131 g/mol. The first-order valence-corrected chi connectivity index (χ1v) is 1.93. The van der Waals surface area contributed by atoms with Gasteiger partial charge in [0.15, 0.2) is 5.03 Å². The standard InChI is InChI=1S/C2H3N3.H2N2O2/c1-2-4-5-3-1;1-2(3)4/h1-2H,(H,3,4,5);1H2. The van der Waals surface area contributed by atoms with E-state index >= 15 is 0 Å². The molecule has 0 aliphatic rings. The van der Waals surface area contributed by atoms with Crippen LogP contribution in [-0.4, -0.2) is 20.4 Å². The molecule has 0 radical (unpaired) electrons. The van der Waals surface area contributed by atoms with Gasteiger partial charge < -0.3 is 0 Å². The van der Waals surface area contributed by atoms with Crippen LogP contribution < -0.4 is 5.84 Å². The second kappa shape index (κ2) is 4.50. The van der Waals surface area contributed by atoms with Crippen LogP contribution in [0.25, 0.3) is 0 Å². The zero-order chi connectivity index (χ0) is 7.11. The van der Waals surface area contributed by atoms with Gasteiger partial charge in [-0.25, -0.2) is 10.1 Å². The summed E-state index contributed by atoms with van der Waals surface area (Å²) in [6, 6.07) is 0. The summed E-state index contributed by atoms with van der Waals surface area (Å²) in [5.41, 5.74) is 0. The van der Waals surface area contributed by atoms with E-state index < -0.39 is 5.03 Å². The number of rotatable bonds is 0. The van der Waals surface area contributed by atoms with E-state index in [9.17, 15) is 0 Å². The van der Waals surface area contributed by atoms with Gasteiger partial charge in [-0.1, -0.05) is 5.21 Å². The van der Waals surface area contributed by atoms with Crippen LogP contribution in [0.15, 0.2) is 12.4 Å². The lowest BCUT2D eigenvalue weighted by Crippen LogP contribution is -2.04. The third-order valence-electron chi connectivity index (χ3n) is 0.331. The molecule has 3 N–H and O–H groups in total. The van der Waals surface area contributed by atoms with Gasteiger partial charge in [0.1, 0.15) is 0 Å². The smallest absolute Gasteiger partial charge is 0.154 e. The molecule has 1 aromatic heterocycles. The molecular weight excluding hydrogens is 126 g/mol. The Morgan fingerprint density at radius 1 is 1.78 bits per heavy atom. The van der Waals surface area contributed by atoms with E-state index in [1.165, 1.54) is 0 Å².